The van der Waals surface area contributed by atoms with Crippen molar-refractivity contribution in [2.75, 3.05) is 17.9 Å². The number of rotatable bonds is 13. The zero-order valence-electron chi connectivity index (χ0n) is 24.0. The topological polar surface area (TPSA) is 128 Å². The number of ether oxygens (including phenoxy) is 1. The number of aromatic nitrogens is 3. The molecule has 11 nitrogen and oxygen atoms in total. The first-order chi connectivity index (χ1) is 20.2. The smallest absolute Gasteiger partial charge is 0.293 e. The summed E-state index contributed by atoms with van der Waals surface area (Å²) >= 11 is 0. The number of anilines is 1. The van der Waals surface area contributed by atoms with E-state index in [-0.39, 0.29) is 11.8 Å². The second-order valence-corrected chi connectivity index (χ2v) is 12.4. The van der Waals surface area contributed by atoms with Gasteiger partial charge in [-0.15, -0.1) is 0 Å². The largest absolute Gasteiger partial charge is 0.461 e. The van der Waals surface area contributed by atoms with E-state index in [2.05, 4.69) is 15.7 Å². The van der Waals surface area contributed by atoms with Gasteiger partial charge in [0, 0.05) is 55.6 Å². The van der Waals surface area contributed by atoms with Crippen molar-refractivity contribution in [3.8, 4) is 0 Å². The monoisotopic (exact) mass is 592 g/mol. The van der Waals surface area contributed by atoms with Crippen LogP contribution in [0.5, 0.6) is 0 Å². The number of benzene rings is 2. The van der Waals surface area contributed by atoms with Crippen LogP contribution in [0, 0.1) is 0 Å². The fourth-order valence-electron chi connectivity index (χ4n) is 5.44. The summed E-state index contributed by atoms with van der Waals surface area (Å²) in [6, 6.07) is 12.5. The molecule has 0 spiro atoms. The van der Waals surface area contributed by atoms with Gasteiger partial charge in [0.05, 0.1) is 23.4 Å². The van der Waals surface area contributed by atoms with E-state index < -0.39 is 22.2 Å². The molecule has 2 atom stereocenters. The molecule has 2 aromatic heterocycles. The van der Waals surface area contributed by atoms with Crippen LogP contribution in [0.1, 0.15) is 40.9 Å². The average Bonchev–Trinajstić information content (AvgIpc) is 3.59. The Morgan fingerprint density at radius 1 is 1.14 bits per heavy atom. The SMILES string of the molecule is CCc1cn2c3c(cc(C(=O)N[C@@H](Cc4ccccc4)[C@@H](CNCc4cnn(CC)c4)OC=O)cc13)N(C)S(=O)(=O)C2. The lowest BCUT2D eigenvalue weighted by Gasteiger charge is -2.29. The third-order valence-electron chi connectivity index (χ3n) is 7.72. The Bertz CT molecular complexity index is 1680. The molecule has 1 aliphatic rings. The maximum absolute atomic E-state index is 13.8. The molecule has 42 heavy (non-hydrogen) atoms. The van der Waals surface area contributed by atoms with Crippen LogP contribution >= 0.6 is 0 Å². The van der Waals surface area contributed by atoms with Crippen LogP contribution < -0.4 is 14.9 Å². The van der Waals surface area contributed by atoms with Crippen molar-refractivity contribution in [1.29, 1.82) is 0 Å². The fraction of sp³-hybridized carbons (Fsp3) is 0.367. The maximum Gasteiger partial charge on any atom is 0.293 e. The molecule has 0 unspecified atom stereocenters. The first kappa shape index (κ1) is 29.3. The van der Waals surface area contributed by atoms with E-state index in [1.807, 2.05) is 67.3 Å². The zero-order valence-corrected chi connectivity index (χ0v) is 24.8. The number of carbonyl (C=O) groups excluding carboxylic acids is 2. The number of sulfonamides is 1. The van der Waals surface area contributed by atoms with E-state index in [4.69, 9.17) is 4.74 Å². The normalized spacial score (nSPS) is 15.4. The molecular weight excluding hydrogens is 556 g/mol. The summed E-state index contributed by atoms with van der Waals surface area (Å²) in [5.74, 6) is -0.529. The van der Waals surface area contributed by atoms with Crippen LogP contribution in [0.3, 0.4) is 0 Å². The maximum atomic E-state index is 13.8. The Morgan fingerprint density at radius 3 is 2.62 bits per heavy atom. The van der Waals surface area contributed by atoms with Gasteiger partial charge in [-0.25, -0.2) is 8.42 Å². The van der Waals surface area contributed by atoms with Gasteiger partial charge in [-0.1, -0.05) is 37.3 Å². The Hall–Kier alpha value is -4.16. The van der Waals surface area contributed by atoms with Crippen LogP contribution in [0.15, 0.2) is 61.1 Å². The van der Waals surface area contributed by atoms with Crippen molar-refractivity contribution in [3.63, 3.8) is 0 Å². The van der Waals surface area contributed by atoms with Gasteiger partial charge in [-0.2, -0.15) is 5.10 Å². The van der Waals surface area contributed by atoms with Crippen LogP contribution in [0.25, 0.3) is 10.9 Å². The predicted octanol–water partition coefficient (Wildman–Crippen LogP) is 2.83. The van der Waals surface area contributed by atoms with E-state index in [1.165, 1.54) is 11.4 Å². The van der Waals surface area contributed by atoms with Gasteiger partial charge < -0.3 is 19.9 Å². The van der Waals surface area contributed by atoms with Crippen LogP contribution in [-0.2, 0) is 51.4 Å². The number of carbonyl (C=O) groups is 2. The Labute approximate surface area is 245 Å². The number of aryl methyl sites for hydroxylation is 2. The minimum absolute atomic E-state index is 0.144. The zero-order chi connectivity index (χ0) is 29.9. The first-order valence-corrected chi connectivity index (χ1v) is 15.6. The Balaban J connectivity index is 1.43. The van der Waals surface area contributed by atoms with Gasteiger partial charge in [0.25, 0.3) is 22.4 Å². The summed E-state index contributed by atoms with van der Waals surface area (Å²) in [5.41, 5.74) is 4.50. The van der Waals surface area contributed by atoms with Crippen molar-refractivity contribution in [1.82, 2.24) is 25.0 Å². The second kappa shape index (κ2) is 12.4. The van der Waals surface area contributed by atoms with Gasteiger partial charge >= 0.3 is 0 Å². The molecule has 0 fully saturated rings. The van der Waals surface area contributed by atoms with E-state index in [0.29, 0.717) is 43.7 Å². The Kier molecular flexibility index (Phi) is 8.64. The highest BCUT2D eigenvalue weighted by molar-refractivity contribution is 7.91. The number of hydrogen-bond donors (Lipinski definition) is 2. The summed E-state index contributed by atoms with van der Waals surface area (Å²) in [6.07, 6.45) is 6.01. The molecule has 4 aromatic rings. The number of nitrogens with one attached hydrogen (secondary N) is 2. The summed E-state index contributed by atoms with van der Waals surface area (Å²) in [4.78, 5) is 25.4. The molecule has 0 saturated heterocycles. The minimum Gasteiger partial charge on any atom is -0.461 e. The van der Waals surface area contributed by atoms with E-state index >= 15 is 0 Å². The fourth-order valence-corrected chi connectivity index (χ4v) is 6.60. The van der Waals surface area contributed by atoms with Crippen molar-refractivity contribution in [2.24, 2.45) is 0 Å². The van der Waals surface area contributed by atoms with Crippen LogP contribution in [0.2, 0.25) is 0 Å². The summed E-state index contributed by atoms with van der Waals surface area (Å²) in [6.45, 7) is 5.99. The molecular formula is C30H36N6O5S. The lowest BCUT2D eigenvalue weighted by atomic mass is 9.99. The van der Waals surface area contributed by atoms with E-state index in [9.17, 15) is 18.0 Å². The highest BCUT2D eigenvalue weighted by Gasteiger charge is 2.31. The molecule has 12 heteroatoms. The number of hydrogen-bond acceptors (Lipinski definition) is 7. The van der Waals surface area contributed by atoms with Gasteiger partial charge in [0.1, 0.15) is 12.0 Å². The van der Waals surface area contributed by atoms with Crippen molar-refractivity contribution in [3.05, 3.63) is 83.3 Å². The molecule has 2 aromatic carbocycles. The summed E-state index contributed by atoms with van der Waals surface area (Å²) in [5, 5.41) is 11.5. The molecule has 0 bridgehead atoms. The van der Waals surface area contributed by atoms with Crippen LogP contribution in [0.4, 0.5) is 5.69 Å². The van der Waals surface area contributed by atoms with E-state index in [0.717, 1.165) is 34.1 Å². The quantitative estimate of drug-likeness (QED) is 0.229. The third-order valence-corrected chi connectivity index (χ3v) is 9.35. The van der Waals surface area contributed by atoms with Crippen molar-refractivity contribution in [2.45, 2.75) is 57.8 Å². The summed E-state index contributed by atoms with van der Waals surface area (Å²) in [7, 11) is -2.08. The van der Waals surface area contributed by atoms with Crippen molar-refractivity contribution < 1.29 is 22.7 Å². The molecule has 0 saturated carbocycles. The van der Waals surface area contributed by atoms with Crippen molar-refractivity contribution >= 4 is 39.0 Å². The molecule has 0 aliphatic carbocycles. The molecule has 1 aliphatic heterocycles. The van der Waals surface area contributed by atoms with Crippen LogP contribution in [-0.4, -0.2) is 60.9 Å². The molecule has 1 amide bonds. The van der Waals surface area contributed by atoms with E-state index in [1.54, 1.807) is 16.8 Å². The molecule has 5 rings (SSSR count). The molecule has 3 heterocycles. The third kappa shape index (κ3) is 6.04. The lowest BCUT2D eigenvalue weighted by Crippen LogP contribution is -2.50. The molecule has 0 radical (unpaired) electrons. The molecule has 2 N–H and O–H groups in total. The summed E-state index contributed by atoms with van der Waals surface area (Å²) < 4.78 is 36.1. The predicted molar refractivity (Wildman–Crippen MR) is 161 cm³/mol. The minimum atomic E-state index is -3.59. The van der Waals surface area contributed by atoms with Gasteiger partial charge in [-0.3, -0.25) is 18.6 Å². The highest BCUT2D eigenvalue weighted by Crippen LogP contribution is 2.37. The first-order valence-electron chi connectivity index (χ1n) is 14.0. The average molecular weight is 593 g/mol. The number of nitrogens with zero attached hydrogens (tertiary/aromatic N) is 4. The molecule has 222 valence electrons. The van der Waals surface area contributed by atoms with Gasteiger partial charge in [0.15, 0.2) is 0 Å². The van der Waals surface area contributed by atoms with Gasteiger partial charge in [-0.05, 0) is 43.0 Å². The second-order valence-electron chi connectivity index (χ2n) is 10.5. The highest BCUT2D eigenvalue weighted by atomic mass is 32.2. The number of amides is 1. The van der Waals surface area contributed by atoms with Gasteiger partial charge in [0.2, 0.25) is 0 Å². The Morgan fingerprint density at radius 2 is 1.93 bits per heavy atom. The standard InChI is InChI=1S/C30H36N6O5S/c1-4-23-18-35-19-42(39,40)34(3)27-13-24(12-25(23)29(27)35)30(38)33-26(11-21-9-7-6-8-10-21)28(41-20-37)16-31-14-22-15-32-36(5-2)17-22/h6-10,12-13,15,17-18,20,26,28,31H,4-5,11,14,16,19H2,1-3H3,(H,33,38)/t26-,28+/m0/s1. The lowest BCUT2D eigenvalue weighted by molar-refractivity contribution is -0.134.